The van der Waals surface area contributed by atoms with Crippen molar-refractivity contribution in [1.29, 1.82) is 0 Å². The number of rotatable bonds is 5. The molecule has 2 aromatic rings. The predicted octanol–water partition coefficient (Wildman–Crippen LogP) is 2.75. The molecule has 1 N–H and O–H groups in total. The lowest BCUT2D eigenvalue weighted by Crippen LogP contribution is -2.35. The molecule has 0 atom stereocenters. The standard InChI is InChI=1S/C22H22N2O3/c25-21(17-27-20-8-2-1-3-9-20)23-15-6-7-18-11-13-19(14-12-18)24-16-5-4-10-22(24)26/h1-3,8-9,11-14H,4-5,10,15-17H2,(H,23,25). The van der Waals surface area contributed by atoms with Crippen LogP contribution in [0.2, 0.25) is 0 Å². The number of anilines is 1. The van der Waals surface area contributed by atoms with E-state index in [1.807, 2.05) is 47.4 Å². The lowest BCUT2D eigenvalue weighted by atomic mass is 10.1. The Hall–Kier alpha value is -3.26. The number of para-hydroxylation sites is 1. The fraction of sp³-hybridized carbons (Fsp3) is 0.273. The van der Waals surface area contributed by atoms with Crippen molar-refractivity contribution >= 4 is 17.5 Å². The monoisotopic (exact) mass is 362 g/mol. The lowest BCUT2D eigenvalue weighted by molar-refractivity contribution is -0.123. The van der Waals surface area contributed by atoms with Gasteiger partial charge in [-0.3, -0.25) is 9.59 Å². The van der Waals surface area contributed by atoms with Crippen LogP contribution in [0, 0.1) is 11.8 Å². The molecule has 2 amide bonds. The van der Waals surface area contributed by atoms with Crippen molar-refractivity contribution in [1.82, 2.24) is 5.32 Å². The van der Waals surface area contributed by atoms with E-state index in [2.05, 4.69) is 17.2 Å². The third kappa shape index (κ3) is 5.61. The van der Waals surface area contributed by atoms with Gasteiger partial charge in [0.1, 0.15) is 5.75 Å². The van der Waals surface area contributed by atoms with Crippen molar-refractivity contribution in [2.24, 2.45) is 0 Å². The summed E-state index contributed by atoms with van der Waals surface area (Å²) in [5.74, 6) is 6.55. The summed E-state index contributed by atoms with van der Waals surface area (Å²) in [5, 5.41) is 2.70. The van der Waals surface area contributed by atoms with Gasteiger partial charge in [-0.2, -0.15) is 0 Å². The molecular formula is C22H22N2O3. The molecule has 0 saturated carbocycles. The fourth-order valence-electron chi connectivity index (χ4n) is 2.81. The molecule has 138 valence electrons. The third-order valence-corrected chi connectivity index (χ3v) is 4.22. The van der Waals surface area contributed by atoms with E-state index in [9.17, 15) is 9.59 Å². The van der Waals surface area contributed by atoms with Gasteiger partial charge in [0.25, 0.3) is 5.91 Å². The molecule has 1 saturated heterocycles. The number of piperidine rings is 1. The summed E-state index contributed by atoms with van der Waals surface area (Å²) < 4.78 is 5.37. The van der Waals surface area contributed by atoms with Crippen LogP contribution < -0.4 is 15.0 Å². The normalized spacial score (nSPS) is 13.5. The minimum absolute atomic E-state index is 0.0374. The van der Waals surface area contributed by atoms with E-state index in [4.69, 9.17) is 4.74 Å². The maximum Gasteiger partial charge on any atom is 0.258 e. The maximum atomic E-state index is 11.9. The Labute approximate surface area is 159 Å². The second kappa shape index (κ2) is 9.44. The van der Waals surface area contributed by atoms with Crippen LogP contribution in [0.4, 0.5) is 5.69 Å². The molecule has 1 aliphatic heterocycles. The zero-order chi connectivity index (χ0) is 18.9. The molecule has 2 aromatic carbocycles. The second-order valence-corrected chi connectivity index (χ2v) is 6.23. The molecule has 0 bridgehead atoms. The summed E-state index contributed by atoms with van der Waals surface area (Å²) in [7, 11) is 0. The Kier molecular flexibility index (Phi) is 6.48. The highest BCUT2D eigenvalue weighted by molar-refractivity contribution is 5.94. The van der Waals surface area contributed by atoms with E-state index < -0.39 is 0 Å². The fourth-order valence-corrected chi connectivity index (χ4v) is 2.81. The number of carbonyl (C=O) groups excluding carboxylic acids is 2. The number of carbonyl (C=O) groups is 2. The summed E-state index contributed by atoms with van der Waals surface area (Å²) in [6.07, 6.45) is 2.64. The molecule has 5 heteroatoms. The first-order chi connectivity index (χ1) is 13.2. The topological polar surface area (TPSA) is 58.6 Å². The van der Waals surface area contributed by atoms with Gasteiger partial charge in [0, 0.05) is 24.2 Å². The molecule has 1 fully saturated rings. The van der Waals surface area contributed by atoms with E-state index in [0.717, 1.165) is 30.6 Å². The number of amides is 2. The number of nitrogens with one attached hydrogen (secondary N) is 1. The smallest absolute Gasteiger partial charge is 0.258 e. The van der Waals surface area contributed by atoms with E-state index in [-0.39, 0.29) is 25.0 Å². The molecule has 1 heterocycles. The van der Waals surface area contributed by atoms with Crippen molar-refractivity contribution in [2.75, 3.05) is 24.6 Å². The summed E-state index contributed by atoms with van der Waals surface area (Å²) in [5.41, 5.74) is 1.76. The molecular weight excluding hydrogens is 340 g/mol. The van der Waals surface area contributed by atoms with Crippen LogP contribution in [0.15, 0.2) is 54.6 Å². The summed E-state index contributed by atoms with van der Waals surface area (Å²) in [6, 6.07) is 16.8. The SMILES string of the molecule is O=C(COc1ccccc1)NCC#Cc1ccc(N2CCCCC2=O)cc1. The van der Waals surface area contributed by atoms with Gasteiger partial charge in [0.05, 0.1) is 6.54 Å². The number of hydrogen-bond acceptors (Lipinski definition) is 3. The lowest BCUT2D eigenvalue weighted by Gasteiger charge is -2.26. The molecule has 5 nitrogen and oxygen atoms in total. The molecule has 0 aliphatic carbocycles. The van der Waals surface area contributed by atoms with Crippen LogP contribution in [0.1, 0.15) is 24.8 Å². The Morgan fingerprint density at radius 1 is 1.07 bits per heavy atom. The highest BCUT2D eigenvalue weighted by Crippen LogP contribution is 2.20. The average Bonchev–Trinajstić information content (AvgIpc) is 2.71. The largest absolute Gasteiger partial charge is 0.484 e. The molecule has 3 rings (SSSR count). The average molecular weight is 362 g/mol. The minimum atomic E-state index is -0.216. The zero-order valence-corrected chi connectivity index (χ0v) is 15.1. The van der Waals surface area contributed by atoms with Crippen LogP contribution in [-0.2, 0) is 9.59 Å². The van der Waals surface area contributed by atoms with Crippen LogP contribution >= 0.6 is 0 Å². The quantitative estimate of drug-likeness (QED) is 0.832. The summed E-state index contributed by atoms with van der Waals surface area (Å²) >= 11 is 0. The van der Waals surface area contributed by atoms with Crippen molar-refractivity contribution in [3.05, 3.63) is 60.2 Å². The molecule has 0 aromatic heterocycles. The van der Waals surface area contributed by atoms with Crippen molar-refractivity contribution < 1.29 is 14.3 Å². The molecule has 0 spiro atoms. The van der Waals surface area contributed by atoms with Crippen molar-refractivity contribution in [3.63, 3.8) is 0 Å². The molecule has 27 heavy (non-hydrogen) atoms. The van der Waals surface area contributed by atoms with Gasteiger partial charge in [-0.25, -0.2) is 0 Å². The number of benzene rings is 2. The van der Waals surface area contributed by atoms with Gasteiger partial charge in [-0.15, -0.1) is 0 Å². The van der Waals surface area contributed by atoms with E-state index in [1.54, 1.807) is 12.1 Å². The van der Waals surface area contributed by atoms with Crippen LogP contribution in [0.25, 0.3) is 0 Å². The predicted molar refractivity (Wildman–Crippen MR) is 104 cm³/mol. The van der Waals surface area contributed by atoms with Crippen LogP contribution in [0.5, 0.6) is 5.75 Å². The third-order valence-electron chi connectivity index (χ3n) is 4.22. The van der Waals surface area contributed by atoms with Crippen LogP contribution in [-0.4, -0.2) is 31.5 Å². The summed E-state index contributed by atoms with van der Waals surface area (Å²) in [6.45, 7) is 0.995. The van der Waals surface area contributed by atoms with E-state index in [1.165, 1.54) is 0 Å². The molecule has 0 unspecified atom stereocenters. The van der Waals surface area contributed by atoms with E-state index in [0.29, 0.717) is 12.2 Å². The molecule has 0 radical (unpaired) electrons. The Morgan fingerprint density at radius 3 is 2.59 bits per heavy atom. The first-order valence-electron chi connectivity index (χ1n) is 9.06. The van der Waals surface area contributed by atoms with Crippen LogP contribution in [0.3, 0.4) is 0 Å². The number of nitrogens with zero attached hydrogens (tertiary/aromatic N) is 1. The van der Waals surface area contributed by atoms with Gasteiger partial charge in [-0.1, -0.05) is 30.0 Å². The maximum absolute atomic E-state index is 11.9. The Bertz CT molecular complexity index is 835. The van der Waals surface area contributed by atoms with Gasteiger partial charge in [-0.05, 0) is 49.2 Å². The van der Waals surface area contributed by atoms with Gasteiger partial charge in [0.2, 0.25) is 5.91 Å². The highest BCUT2D eigenvalue weighted by Gasteiger charge is 2.19. The number of ether oxygens (including phenoxy) is 1. The second-order valence-electron chi connectivity index (χ2n) is 6.23. The Balaban J connectivity index is 1.44. The van der Waals surface area contributed by atoms with Gasteiger partial charge >= 0.3 is 0 Å². The molecule has 1 aliphatic rings. The first kappa shape index (κ1) is 18.5. The van der Waals surface area contributed by atoms with Crippen molar-refractivity contribution in [3.8, 4) is 17.6 Å². The number of hydrogen-bond donors (Lipinski definition) is 1. The highest BCUT2D eigenvalue weighted by atomic mass is 16.5. The summed E-state index contributed by atoms with van der Waals surface area (Å²) in [4.78, 5) is 25.5. The minimum Gasteiger partial charge on any atom is -0.484 e. The van der Waals surface area contributed by atoms with Gasteiger partial charge < -0.3 is 15.0 Å². The first-order valence-corrected chi connectivity index (χ1v) is 9.06. The van der Waals surface area contributed by atoms with E-state index >= 15 is 0 Å². The van der Waals surface area contributed by atoms with Crippen molar-refractivity contribution in [2.45, 2.75) is 19.3 Å². The Morgan fingerprint density at radius 2 is 1.85 bits per heavy atom. The zero-order valence-electron chi connectivity index (χ0n) is 15.1. The van der Waals surface area contributed by atoms with Gasteiger partial charge in [0.15, 0.2) is 6.61 Å².